The van der Waals surface area contributed by atoms with Crippen LogP contribution in [0.5, 0.6) is 5.75 Å². The van der Waals surface area contributed by atoms with Gasteiger partial charge in [0.15, 0.2) is 0 Å². The van der Waals surface area contributed by atoms with Crippen molar-refractivity contribution >= 4 is 6.03 Å². The molecule has 1 heterocycles. The summed E-state index contributed by atoms with van der Waals surface area (Å²) in [6.45, 7) is 12.2. The van der Waals surface area contributed by atoms with Crippen LogP contribution in [0.1, 0.15) is 52.0 Å². The third-order valence-corrected chi connectivity index (χ3v) is 4.89. The van der Waals surface area contributed by atoms with Gasteiger partial charge in [0.05, 0.1) is 6.61 Å². The second-order valence-corrected chi connectivity index (χ2v) is 8.21. The van der Waals surface area contributed by atoms with Gasteiger partial charge < -0.3 is 20.3 Å². The molecule has 2 N–H and O–H groups in total. The Bertz CT molecular complexity index is 545. The van der Waals surface area contributed by atoms with E-state index in [0.29, 0.717) is 12.5 Å². The summed E-state index contributed by atoms with van der Waals surface area (Å²) in [6.07, 6.45) is 4.86. The average Bonchev–Trinajstić information content (AvgIpc) is 2.65. The molecule has 0 aliphatic carbocycles. The lowest BCUT2D eigenvalue weighted by Crippen LogP contribution is -2.37. The average molecular weight is 376 g/mol. The highest BCUT2D eigenvalue weighted by Gasteiger charge is 2.15. The third kappa shape index (κ3) is 9.14. The molecular weight excluding hydrogens is 338 g/mol. The Balaban J connectivity index is 1.53. The number of ether oxygens (including phenoxy) is 1. The molecule has 2 rings (SSSR count). The van der Waals surface area contributed by atoms with Crippen molar-refractivity contribution in [2.45, 2.75) is 53.0 Å². The summed E-state index contributed by atoms with van der Waals surface area (Å²) in [4.78, 5) is 14.5. The van der Waals surface area contributed by atoms with Gasteiger partial charge in [-0.25, -0.2) is 4.79 Å². The molecule has 152 valence electrons. The minimum absolute atomic E-state index is 0.0956. The number of benzene rings is 1. The van der Waals surface area contributed by atoms with E-state index in [1.165, 1.54) is 25.9 Å². The number of urea groups is 1. The lowest BCUT2D eigenvalue weighted by Gasteiger charge is -2.30. The van der Waals surface area contributed by atoms with Gasteiger partial charge >= 0.3 is 6.03 Å². The van der Waals surface area contributed by atoms with Crippen molar-refractivity contribution in [3.8, 4) is 5.75 Å². The molecular formula is C22H37N3O2. The molecule has 1 saturated heterocycles. The molecule has 0 spiro atoms. The van der Waals surface area contributed by atoms with Crippen LogP contribution in [0.2, 0.25) is 0 Å². The summed E-state index contributed by atoms with van der Waals surface area (Å²) in [5.74, 6) is 2.22. The summed E-state index contributed by atoms with van der Waals surface area (Å²) < 4.78 is 5.67. The molecule has 1 aliphatic heterocycles. The smallest absolute Gasteiger partial charge is 0.315 e. The summed E-state index contributed by atoms with van der Waals surface area (Å²) in [5, 5.41) is 5.86. The van der Waals surface area contributed by atoms with Gasteiger partial charge in [-0.2, -0.15) is 0 Å². The van der Waals surface area contributed by atoms with E-state index in [0.717, 1.165) is 49.8 Å². The molecule has 1 aromatic rings. The third-order valence-electron chi connectivity index (χ3n) is 4.89. The Morgan fingerprint density at radius 1 is 1.22 bits per heavy atom. The molecule has 0 aromatic heterocycles. The molecule has 0 saturated carbocycles. The standard InChI is InChI=1S/C22H37N3O2/c1-18(2)17-27-21-10-8-20(9-11-21)15-24-22(26)23-12-4-5-13-25-14-6-7-19(3)16-25/h8-11,18-19H,4-7,12-17H2,1-3H3,(H2,23,24,26)/t19-/m0/s1. The van der Waals surface area contributed by atoms with Crippen molar-refractivity contribution in [3.05, 3.63) is 29.8 Å². The highest BCUT2D eigenvalue weighted by molar-refractivity contribution is 5.73. The molecule has 5 nitrogen and oxygen atoms in total. The first kappa shape index (κ1) is 21.5. The Morgan fingerprint density at radius 3 is 2.70 bits per heavy atom. The maximum atomic E-state index is 11.9. The molecule has 1 aromatic carbocycles. The molecule has 27 heavy (non-hydrogen) atoms. The van der Waals surface area contributed by atoms with Crippen molar-refractivity contribution in [1.82, 2.24) is 15.5 Å². The van der Waals surface area contributed by atoms with Gasteiger partial charge in [0.2, 0.25) is 0 Å². The minimum atomic E-state index is -0.0956. The topological polar surface area (TPSA) is 53.6 Å². The zero-order chi connectivity index (χ0) is 19.5. The van der Waals surface area contributed by atoms with Crippen molar-refractivity contribution in [1.29, 1.82) is 0 Å². The number of unbranched alkanes of at least 4 members (excludes halogenated alkanes) is 1. The maximum absolute atomic E-state index is 11.9. The molecule has 1 fully saturated rings. The van der Waals surface area contributed by atoms with Crippen LogP contribution in [-0.4, -0.2) is 43.7 Å². The minimum Gasteiger partial charge on any atom is -0.493 e. The number of rotatable bonds is 10. The molecule has 0 unspecified atom stereocenters. The molecule has 0 bridgehead atoms. The summed E-state index contributed by atoms with van der Waals surface area (Å²) >= 11 is 0. The molecule has 1 atom stereocenters. The summed E-state index contributed by atoms with van der Waals surface area (Å²) in [7, 11) is 0. The summed E-state index contributed by atoms with van der Waals surface area (Å²) in [6, 6.07) is 7.81. The van der Waals surface area contributed by atoms with Crippen molar-refractivity contribution < 1.29 is 9.53 Å². The summed E-state index contributed by atoms with van der Waals surface area (Å²) in [5.41, 5.74) is 1.07. The van der Waals surface area contributed by atoms with Gasteiger partial charge in [-0.15, -0.1) is 0 Å². The van der Waals surface area contributed by atoms with Crippen molar-refractivity contribution in [2.75, 3.05) is 32.8 Å². The van der Waals surface area contributed by atoms with Crippen LogP contribution in [0.25, 0.3) is 0 Å². The van der Waals surface area contributed by atoms with Gasteiger partial charge in [-0.1, -0.05) is 32.9 Å². The molecule has 2 amide bonds. The number of nitrogens with one attached hydrogen (secondary N) is 2. The number of likely N-dealkylation sites (tertiary alicyclic amines) is 1. The first-order valence-corrected chi connectivity index (χ1v) is 10.5. The fraction of sp³-hybridized carbons (Fsp3) is 0.682. The largest absolute Gasteiger partial charge is 0.493 e. The van der Waals surface area contributed by atoms with Gasteiger partial charge in [-0.05, 0) is 68.3 Å². The number of hydrogen-bond acceptors (Lipinski definition) is 3. The number of carbonyl (C=O) groups excluding carboxylic acids is 1. The fourth-order valence-electron chi connectivity index (χ4n) is 3.36. The Labute approximate surface area is 164 Å². The maximum Gasteiger partial charge on any atom is 0.315 e. The highest BCUT2D eigenvalue weighted by Crippen LogP contribution is 2.15. The van der Waals surface area contributed by atoms with Crippen molar-refractivity contribution in [2.24, 2.45) is 11.8 Å². The number of hydrogen-bond donors (Lipinski definition) is 2. The number of amides is 2. The van der Waals surface area contributed by atoms with E-state index in [2.05, 4.69) is 36.3 Å². The number of nitrogens with zero attached hydrogens (tertiary/aromatic N) is 1. The van der Waals surface area contributed by atoms with Crippen LogP contribution >= 0.6 is 0 Å². The number of carbonyl (C=O) groups is 1. The lowest BCUT2D eigenvalue weighted by molar-refractivity contribution is 0.181. The SMILES string of the molecule is CC(C)COc1ccc(CNC(=O)NCCCCN2CCC[C@H](C)C2)cc1. The van der Waals surface area contributed by atoms with Crippen LogP contribution in [0.3, 0.4) is 0 Å². The normalized spacial score (nSPS) is 17.7. The Kier molecular flexibility index (Phi) is 9.46. The predicted octanol–water partition coefficient (Wildman–Crippen LogP) is 4.03. The van der Waals surface area contributed by atoms with E-state index in [4.69, 9.17) is 4.74 Å². The zero-order valence-corrected chi connectivity index (χ0v) is 17.3. The quantitative estimate of drug-likeness (QED) is 0.607. The van der Waals surface area contributed by atoms with Gasteiger partial charge in [0.25, 0.3) is 0 Å². The predicted molar refractivity (Wildman–Crippen MR) is 111 cm³/mol. The Morgan fingerprint density at radius 2 is 2.00 bits per heavy atom. The van der Waals surface area contributed by atoms with Crippen LogP contribution in [0, 0.1) is 11.8 Å². The van der Waals surface area contributed by atoms with Gasteiger partial charge in [-0.3, -0.25) is 0 Å². The van der Waals surface area contributed by atoms with E-state index in [1.54, 1.807) is 0 Å². The molecule has 5 heteroatoms. The van der Waals surface area contributed by atoms with E-state index in [9.17, 15) is 4.79 Å². The highest BCUT2D eigenvalue weighted by atomic mass is 16.5. The van der Waals surface area contributed by atoms with Crippen LogP contribution < -0.4 is 15.4 Å². The van der Waals surface area contributed by atoms with E-state index in [1.807, 2.05) is 24.3 Å². The zero-order valence-electron chi connectivity index (χ0n) is 17.3. The monoisotopic (exact) mass is 375 g/mol. The number of piperidine rings is 1. The first-order chi connectivity index (χ1) is 13.0. The van der Waals surface area contributed by atoms with Gasteiger partial charge in [0.1, 0.15) is 5.75 Å². The van der Waals surface area contributed by atoms with Crippen molar-refractivity contribution in [3.63, 3.8) is 0 Å². The van der Waals surface area contributed by atoms with Crippen LogP contribution in [0.4, 0.5) is 4.79 Å². The second-order valence-electron chi connectivity index (χ2n) is 8.21. The van der Waals surface area contributed by atoms with Crippen LogP contribution in [-0.2, 0) is 6.54 Å². The Hall–Kier alpha value is -1.75. The molecule has 0 radical (unpaired) electrons. The van der Waals surface area contributed by atoms with Crippen LogP contribution in [0.15, 0.2) is 24.3 Å². The fourth-order valence-corrected chi connectivity index (χ4v) is 3.36. The van der Waals surface area contributed by atoms with Gasteiger partial charge in [0, 0.05) is 19.6 Å². The second kappa shape index (κ2) is 11.9. The van der Waals surface area contributed by atoms with E-state index < -0.39 is 0 Å². The first-order valence-electron chi connectivity index (χ1n) is 10.5. The lowest BCUT2D eigenvalue weighted by atomic mass is 10.0. The molecule has 1 aliphatic rings. The van der Waals surface area contributed by atoms with E-state index >= 15 is 0 Å². The van der Waals surface area contributed by atoms with E-state index in [-0.39, 0.29) is 6.03 Å².